The zero-order valence-corrected chi connectivity index (χ0v) is 11.8. The van der Waals surface area contributed by atoms with Crippen LogP contribution >= 0.6 is 0 Å². The summed E-state index contributed by atoms with van der Waals surface area (Å²) in [6.07, 6.45) is 3.11. The quantitative estimate of drug-likeness (QED) is 0.820. The van der Waals surface area contributed by atoms with E-state index in [-0.39, 0.29) is 11.7 Å². The van der Waals surface area contributed by atoms with Gasteiger partial charge in [0.1, 0.15) is 0 Å². The van der Waals surface area contributed by atoms with E-state index in [4.69, 9.17) is 10.3 Å². The van der Waals surface area contributed by atoms with Gasteiger partial charge in [-0.15, -0.1) is 0 Å². The number of hydrogen-bond donors (Lipinski definition) is 1. The maximum Gasteiger partial charge on any atom is 0.295 e. The second-order valence-corrected chi connectivity index (χ2v) is 5.70. The number of piperidine rings is 1. The number of nitrogens with zero attached hydrogens (tertiary/aromatic N) is 4. The number of aromatic nitrogens is 2. The van der Waals surface area contributed by atoms with Gasteiger partial charge in [0, 0.05) is 32.1 Å². The topological polar surface area (TPSA) is 88.5 Å². The first-order chi connectivity index (χ1) is 9.63. The van der Waals surface area contributed by atoms with Crippen LogP contribution in [0.2, 0.25) is 0 Å². The highest BCUT2D eigenvalue weighted by atomic mass is 16.5. The third kappa shape index (κ3) is 2.69. The predicted molar refractivity (Wildman–Crippen MR) is 72.1 cm³/mol. The fourth-order valence-corrected chi connectivity index (χ4v) is 3.04. The van der Waals surface area contributed by atoms with Crippen molar-refractivity contribution in [1.29, 1.82) is 0 Å². The van der Waals surface area contributed by atoms with Gasteiger partial charge in [0.25, 0.3) is 11.7 Å². The van der Waals surface area contributed by atoms with Crippen LogP contribution in [0.25, 0.3) is 0 Å². The van der Waals surface area contributed by atoms with E-state index >= 15 is 0 Å². The minimum absolute atomic E-state index is 0.127. The molecule has 2 fully saturated rings. The highest BCUT2D eigenvalue weighted by molar-refractivity contribution is 5.90. The van der Waals surface area contributed by atoms with Crippen LogP contribution < -0.4 is 5.73 Å². The second-order valence-electron chi connectivity index (χ2n) is 5.70. The van der Waals surface area contributed by atoms with Gasteiger partial charge in [0.05, 0.1) is 0 Å². The lowest BCUT2D eigenvalue weighted by atomic mass is 10.0. The van der Waals surface area contributed by atoms with Gasteiger partial charge in [-0.2, -0.15) is 4.98 Å². The van der Waals surface area contributed by atoms with E-state index in [1.54, 1.807) is 6.92 Å². The summed E-state index contributed by atoms with van der Waals surface area (Å²) >= 11 is 0. The molecule has 0 saturated carbocycles. The molecule has 3 rings (SSSR count). The molecule has 0 bridgehead atoms. The minimum atomic E-state index is -0.127. The molecule has 0 aromatic carbocycles. The second kappa shape index (κ2) is 5.49. The summed E-state index contributed by atoms with van der Waals surface area (Å²) in [4.78, 5) is 20.5. The zero-order valence-electron chi connectivity index (χ0n) is 11.8. The van der Waals surface area contributed by atoms with Crippen LogP contribution in [0.5, 0.6) is 0 Å². The molecular formula is C13H21N5O2. The first-order valence-corrected chi connectivity index (χ1v) is 7.22. The minimum Gasteiger partial charge on any atom is -0.339 e. The van der Waals surface area contributed by atoms with E-state index in [2.05, 4.69) is 15.0 Å². The number of likely N-dealkylation sites (tertiary alicyclic amines) is 2. The van der Waals surface area contributed by atoms with Gasteiger partial charge >= 0.3 is 0 Å². The molecule has 110 valence electrons. The Hall–Kier alpha value is -1.47. The molecule has 0 spiro atoms. The smallest absolute Gasteiger partial charge is 0.295 e. The molecule has 1 unspecified atom stereocenters. The molecule has 0 aliphatic carbocycles. The number of amides is 1. The number of hydrogen-bond acceptors (Lipinski definition) is 6. The summed E-state index contributed by atoms with van der Waals surface area (Å²) in [6.45, 7) is 5.28. The summed E-state index contributed by atoms with van der Waals surface area (Å²) in [7, 11) is 0. The molecule has 2 aliphatic heterocycles. The van der Waals surface area contributed by atoms with E-state index in [0.29, 0.717) is 18.0 Å². The molecule has 2 aliphatic rings. The lowest BCUT2D eigenvalue weighted by Gasteiger charge is -2.34. The van der Waals surface area contributed by atoms with Gasteiger partial charge in [-0.3, -0.25) is 9.69 Å². The van der Waals surface area contributed by atoms with Crippen molar-refractivity contribution in [2.75, 3.05) is 26.2 Å². The average molecular weight is 279 g/mol. The molecular weight excluding hydrogens is 258 g/mol. The van der Waals surface area contributed by atoms with Gasteiger partial charge in [-0.1, -0.05) is 5.16 Å². The summed E-state index contributed by atoms with van der Waals surface area (Å²) in [6, 6.07) is 0.784. The molecule has 1 aromatic heterocycles. The summed E-state index contributed by atoms with van der Waals surface area (Å²) in [5.74, 6) is 0.469. The van der Waals surface area contributed by atoms with Gasteiger partial charge in [-0.25, -0.2) is 0 Å². The maximum atomic E-state index is 12.2. The molecule has 3 heterocycles. The summed E-state index contributed by atoms with van der Waals surface area (Å²) < 4.78 is 4.87. The summed E-state index contributed by atoms with van der Waals surface area (Å²) in [5.41, 5.74) is 5.93. The molecule has 7 heteroatoms. The third-order valence-electron chi connectivity index (χ3n) is 4.26. The van der Waals surface area contributed by atoms with Gasteiger partial charge in [-0.05, 0) is 32.4 Å². The highest BCUT2D eigenvalue weighted by Crippen LogP contribution is 2.20. The highest BCUT2D eigenvalue weighted by Gasteiger charge is 2.33. The number of rotatable bonds is 2. The Morgan fingerprint density at radius 2 is 2.05 bits per heavy atom. The van der Waals surface area contributed by atoms with Crippen molar-refractivity contribution in [1.82, 2.24) is 19.9 Å². The molecule has 0 radical (unpaired) electrons. The van der Waals surface area contributed by atoms with Crippen molar-refractivity contribution in [2.45, 2.75) is 38.3 Å². The Kier molecular flexibility index (Phi) is 3.71. The van der Waals surface area contributed by atoms with Crippen LogP contribution in [0.1, 0.15) is 35.8 Å². The zero-order chi connectivity index (χ0) is 14.1. The number of carbonyl (C=O) groups is 1. The fraction of sp³-hybridized carbons (Fsp3) is 0.769. The molecule has 7 nitrogen and oxygen atoms in total. The van der Waals surface area contributed by atoms with Gasteiger partial charge in [0.2, 0.25) is 5.89 Å². The van der Waals surface area contributed by atoms with Crippen molar-refractivity contribution in [2.24, 2.45) is 5.73 Å². The van der Waals surface area contributed by atoms with Crippen molar-refractivity contribution < 1.29 is 9.32 Å². The predicted octanol–water partition coefficient (Wildman–Crippen LogP) is 0.0156. The molecule has 1 atom stereocenters. The third-order valence-corrected chi connectivity index (χ3v) is 4.26. The Balaban J connectivity index is 1.58. The van der Waals surface area contributed by atoms with E-state index in [0.717, 1.165) is 45.4 Å². The first kappa shape index (κ1) is 13.5. The largest absolute Gasteiger partial charge is 0.339 e. The lowest BCUT2D eigenvalue weighted by molar-refractivity contribution is 0.0754. The lowest BCUT2D eigenvalue weighted by Crippen LogP contribution is -2.46. The normalized spacial score (nSPS) is 25.3. The van der Waals surface area contributed by atoms with Crippen molar-refractivity contribution in [3.05, 3.63) is 11.7 Å². The van der Waals surface area contributed by atoms with Crippen molar-refractivity contribution >= 4 is 5.91 Å². The van der Waals surface area contributed by atoms with Crippen LogP contribution in [0, 0.1) is 6.92 Å². The molecule has 1 amide bonds. The first-order valence-electron chi connectivity index (χ1n) is 7.22. The van der Waals surface area contributed by atoms with Crippen LogP contribution in [-0.4, -0.2) is 64.1 Å². The average Bonchev–Trinajstić information content (AvgIpc) is 3.08. The summed E-state index contributed by atoms with van der Waals surface area (Å²) in [5, 5.41) is 3.70. The molecule has 2 N–H and O–H groups in total. The van der Waals surface area contributed by atoms with Gasteiger partial charge < -0.3 is 15.2 Å². The molecule has 1 aromatic rings. The molecule has 2 saturated heterocycles. The molecule has 20 heavy (non-hydrogen) atoms. The number of nitrogens with two attached hydrogens (primary N) is 1. The Morgan fingerprint density at radius 3 is 2.70 bits per heavy atom. The maximum absolute atomic E-state index is 12.2. The Labute approximate surface area is 118 Å². The van der Waals surface area contributed by atoms with Gasteiger partial charge in [0.15, 0.2) is 0 Å². The van der Waals surface area contributed by atoms with Crippen LogP contribution in [0.3, 0.4) is 0 Å². The van der Waals surface area contributed by atoms with E-state index in [9.17, 15) is 4.79 Å². The van der Waals surface area contributed by atoms with E-state index in [1.807, 2.05) is 4.90 Å². The van der Waals surface area contributed by atoms with Crippen LogP contribution in [-0.2, 0) is 0 Å². The van der Waals surface area contributed by atoms with E-state index < -0.39 is 0 Å². The fourth-order valence-electron chi connectivity index (χ4n) is 3.04. The van der Waals surface area contributed by atoms with E-state index in [1.165, 1.54) is 0 Å². The Bertz CT molecular complexity index is 481. The number of carbonyl (C=O) groups excluding carboxylic acids is 1. The number of aryl methyl sites for hydroxylation is 1. The van der Waals surface area contributed by atoms with Crippen LogP contribution in [0.4, 0.5) is 0 Å². The van der Waals surface area contributed by atoms with Crippen molar-refractivity contribution in [3.8, 4) is 0 Å². The standard InChI is InChI=1S/C13H21N5O2/c1-9-15-12(16-20-9)13(19)18-7-4-11(8-18)17-5-2-10(14)3-6-17/h10-11H,2-8,14H2,1H3. The Morgan fingerprint density at radius 1 is 1.30 bits per heavy atom. The SMILES string of the molecule is Cc1nc(C(=O)N2CCC(N3CCC(N)CC3)C2)no1. The van der Waals surface area contributed by atoms with Crippen LogP contribution in [0.15, 0.2) is 4.52 Å². The monoisotopic (exact) mass is 279 g/mol. The van der Waals surface area contributed by atoms with Crippen molar-refractivity contribution in [3.63, 3.8) is 0 Å².